The van der Waals surface area contributed by atoms with Gasteiger partial charge in [0.25, 0.3) is 5.91 Å². The minimum absolute atomic E-state index is 0.0533. The summed E-state index contributed by atoms with van der Waals surface area (Å²) in [6.07, 6.45) is -2.40. The molecule has 4 nitrogen and oxygen atoms in total. The van der Waals surface area contributed by atoms with Crippen LogP contribution in [0.5, 0.6) is 5.75 Å². The highest BCUT2D eigenvalue weighted by molar-refractivity contribution is 5.94. The van der Waals surface area contributed by atoms with Crippen LogP contribution in [0.2, 0.25) is 0 Å². The van der Waals surface area contributed by atoms with E-state index in [0.29, 0.717) is 12.1 Å². The third-order valence-corrected chi connectivity index (χ3v) is 4.11. The fourth-order valence-electron chi connectivity index (χ4n) is 2.88. The van der Waals surface area contributed by atoms with Crippen molar-refractivity contribution in [1.82, 2.24) is 9.47 Å². The third kappa shape index (κ3) is 3.39. The molecule has 0 saturated heterocycles. The Morgan fingerprint density at radius 1 is 1.21 bits per heavy atom. The molecule has 1 aromatic heterocycles. The molecule has 0 radical (unpaired) electrons. The van der Waals surface area contributed by atoms with Crippen molar-refractivity contribution in [3.8, 4) is 5.75 Å². The Labute approximate surface area is 137 Å². The molecule has 7 heteroatoms. The average Bonchev–Trinajstić information content (AvgIpc) is 3.02. The van der Waals surface area contributed by atoms with Crippen LogP contribution in [0, 0.1) is 0 Å². The quantitative estimate of drug-likeness (QED) is 0.856. The number of nitrogens with zero attached hydrogens (tertiary/aromatic N) is 2. The van der Waals surface area contributed by atoms with Gasteiger partial charge in [0.2, 0.25) is 0 Å². The van der Waals surface area contributed by atoms with Gasteiger partial charge in [0.1, 0.15) is 5.75 Å². The van der Waals surface area contributed by atoms with E-state index in [4.69, 9.17) is 0 Å². The fraction of sp³-hybridized carbons (Fsp3) is 0.353. The van der Waals surface area contributed by atoms with Crippen molar-refractivity contribution in [3.63, 3.8) is 0 Å². The van der Waals surface area contributed by atoms with Crippen molar-refractivity contribution in [2.24, 2.45) is 0 Å². The molecule has 2 heterocycles. The van der Waals surface area contributed by atoms with Gasteiger partial charge in [-0.2, -0.15) is 13.2 Å². The molecule has 1 amide bonds. The molecule has 1 aromatic carbocycles. The minimum Gasteiger partial charge on any atom is -0.484 e. The van der Waals surface area contributed by atoms with Crippen LogP contribution in [0.3, 0.4) is 0 Å². The van der Waals surface area contributed by atoms with Crippen molar-refractivity contribution in [1.29, 1.82) is 0 Å². The minimum atomic E-state index is -4.38. The van der Waals surface area contributed by atoms with Crippen molar-refractivity contribution >= 4 is 5.91 Å². The average molecular weight is 338 g/mol. The zero-order valence-corrected chi connectivity index (χ0v) is 13.1. The number of benzene rings is 1. The van der Waals surface area contributed by atoms with E-state index >= 15 is 0 Å². The van der Waals surface area contributed by atoms with Gasteiger partial charge < -0.3 is 14.2 Å². The first-order valence-electron chi connectivity index (χ1n) is 7.61. The molecular weight excluding hydrogens is 321 g/mol. The van der Waals surface area contributed by atoms with Crippen LogP contribution < -0.4 is 4.74 Å². The molecule has 1 unspecified atom stereocenters. The standard InChI is InChI=1S/C17H17F3N2O2/c1-12-15-3-2-8-21(15)9-10-22(12)16(23)13-4-6-14(7-5-13)24-11-17(18,19)20/h2-8,12H,9-11H2,1H3. The Morgan fingerprint density at radius 3 is 2.58 bits per heavy atom. The van der Waals surface area contributed by atoms with Crippen LogP contribution in [0.1, 0.15) is 29.0 Å². The van der Waals surface area contributed by atoms with E-state index in [1.807, 2.05) is 25.3 Å². The zero-order chi connectivity index (χ0) is 17.3. The molecule has 24 heavy (non-hydrogen) atoms. The Balaban J connectivity index is 1.69. The Bertz CT molecular complexity index is 722. The monoisotopic (exact) mass is 338 g/mol. The van der Waals surface area contributed by atoms with E-state index in [0.717, 1.165) is 12.2 Å². The molecule has 3 rings (SSSR count). The summed E-state index contributed by atoms with van der Waals surface area (Å²) in [4.78, 5) is 14.4. The first-order chi connectivity index (χ1) is 11.3. The second-order valence-electron chi connectivity index (χ2n) is 5.73. The highest BCUT2D eigenvalue weighted by Gasteiger charge is 2.29. The summed E-state index contributed by atoms with van der Waals surface area (Å²) in [5.41, 5.74) is 1.50. The number of hydrogen-bond acceptors (Lipinski definition) is 2. The summed E-state index contributed by atoms with van der Waals surface area (Å²) in [7, 11) is 0. The van der Waals surface area contributed by atoms with Gasteiger partial charge >= 0.3 is 6.18 Å². The van der Waals surface area contributed by atoms with E-state index in [1.165, 1.54) is 24.3 Å². The van der Waals surface area contributed by atoms with Gasteiger partial charge in [-0.05, 0) is 43.3 Å². The smallest absolute Gasteiger partial charge is 0.422 e. The maximum absolute atomic E-state index is 12.7. The molecule has 1 atom stereocenters. The van der Waals surface area contributed by atoms with Crippen LogP contribution in [-0.4, -0.2) is 34.7 Å². The van der Waals surface area contributed by atoms with E-state index in [1.54, 1.807) is 4.90 Å². The summed E-state index contributed by atoms with van der Waals surface area (Å²) in [6.45, 7) is 1.93. The lowest BCUT2D eigenvalue weighted by molar-refractivity contribution is -0.153. The van der Waals surface area contributed by atoms with E-state index in [9.17, 15) is 18.0 Å². The number of ether oxygens (including phenoxy) is 1. The van der Waals surface area contributed by atoms with Crippen molar-refractivity contribution in [2.45, 2.75) is 25.7 Å². The van der Waals surface area contributed by atoms with Crippen molar-refractivity contribution in [3.05, 3.63) is 53.9 Å². The molecule has 0 spiro atoms. The summed E-state index contributed by atoms with van der Waals surface area (Å²) >= 11 is 0. The van der Waals surface area contributed by atoms with Gasteiger partial charge in [0.05, 0.1) is 6.04 Å². The normalized spacial score (nSPS) is 17.5. The first-order valence-corrected chi connectivity index (χ1v) is 7.61. The molecule has 0 N–H and O–H groups in total. The molecule has 0 saturated carbocycles. The molecular formula is C17H17F3N2O2. The number of rotatable bonds is 3. The fourth-order valence-corrected chi connectivity index (χ4v) is 2.88. The van der Waals surface area contributed by atoms with Crippen LogP contribution in [-0.2, 0) is 6.54 Å². The van der Waals surface area contributed by atoms with Gasteiger partial charge in [0, 0.05) is 30.5 Å². The molecule has 1 aliphatic heterocycles. The molecule has 0 aliphatic carbocycles. The Hall–Kier alpha value is -2.44. The molecule has 0 fully saturated rings. The summed E-state index contributed by atoms with van der Waals surface area (Å²) < 4.78 is 43.2. The maximum Gasteiger partial charge on any atom is 0.422 e. The Morgan fingerprint density at radius 2 is 1.92 bits per heavy atom. The van der Waals surface area contributed by atoms with Gasteiger partial charge in [-0.15, -0.1) is 0 Å². The lowest BCUT2D eigenvalue weighted by atomic mass is 10.1. The number of fused-ring (bicyclic) bond motifs is 1. The number of hydrogen-bond donors (Lipinski definition) is 0. The molecule has 0 bridgehead atoms. The number of carbonyl (C=O) groups excluding carboxylic acids is 1. The molecule has 128 valence electrons. The van der Waals surface area contributed by atoms with E-state index in [-0.39, 0.29) is 17.7 Å². The van der Waals surface area contributed by atoms with Crippen molar-refractivity contribution < 1.29 is 22.7 Å². The van der Waals surface area contributed by atoms with Crippen LogP contribution in [0.25, 0.3) is 0 Å². The van der Waals surface area contributed by atoms with Gasteiger partial charge in [-0.3, -0.25) is 4.79 Å². The number of carbonyl (C=O) groups is 1. The summed E-state index contributed by atoms with van der Waals surface area (Å²) in [5.74, 6) is -0.0539. The topological polar surface area (TPSA) is 34.5 Å². The zero-order valence-electron chi connectivity index (χ0n) is 13.1. The van der Waals surface area contributed by atoms with Crippen LogP contribution in [0.4, 0.5) is 13.2 Å². The number of aromatic nitrogens is 1. The molecule has 1 aliphatic rings. The third-order valence-electron chi connectivity index (χ3n) is 4.11. The van der Waals surface area contributed by atoms with Gasteiger partial charge in [-0.1, -0.05) is 0 Å². The van der Waals surface area contributed by atoms with E-state index in [2.05, 4.69) is 9.30 Å². The summed E-state index contributed by atoms with van der Waals surface area (Å²) in [5, 5.41) is 0. The summed E-state index contributed by atoms with van der Waals surface area (Å²) in [6, 6.07) is 9.64. The highest BCUT2D eigenvalue weighted by Crippen LogP contribution is 2.27. The van der Waals surface area contributed by atoms with Crippen LogP contribution in [0.15, 0.2) is 42.6 Å². The Kier molecular flexibility index (Phi) is 4.26. The SMILES string of the molecule is CC1c2cccn2CCN1C(=O)c1ccc(OCC(F)(F)F)cc1. The van der Waals surface area contributed by atoms with Crippen molar-refractivity contribution in [2.75, 3.05) is 13.2 Å². The van der Waals surface area contributed by atoms with Gasteiger partial charge in [0.15, 0.2) is 6.61 Å². The number of amides is 1. The van der Waals surface area contributed by atoms with Crippen LogP contribution >= 0.6 is 0 Å². The van der Waals surface area contributed by atoms with E-state index < -0.39 is 12.8 Å². The second kappa shape index (κ2) is 6.22. The molecule has 2 aromatic rings. The highest BCUT2D eigenvalue weighted by atomic mass is 19.4. The number of halogens is 3. The van der Waals surface area contributed by atoms with Gasteiger partial charge in [-0.25, -0.2) is 0 Å². The lowest BCUT2D eigenvalue weighted by Crippen LogP contribution is -2.40. The predicted octanol–water partition coefficient (Wildman–Crippen LogP) is 3.65. The first kappa shape index (κ1) is 16.4. The second-order valence-corrected chi connectivity index (χ2v) is 5.73. The largest absolute Gasteiger partial charge is 0.484 e. The lowest BCUT2D eigenvalue weighted by Gasteiger charge is -2.35. The maximum atomic E-state index is 12.7. The predicted molar refractivity (Wildman–Crippen MR) is 81.9 cm³/mol. The number of alkyl halides is 3.